The Hall–Kier alpha value is -0.890. The lowest BCUT2D eigenvalue weighted by Gasteiger charge is -2.21. The zero-order chi connectivity index (χ0) is 11.3. The lowest BCUT2D eigenvalue weighted by molar-refractivity contribution is 0.499. The van der Waals surface area contributed by atoms with Gasteiger partial charge in [-0.05, 0) is 42.0 Å². The van der Waals surface area contributed by atoms with Gasteiger partial charge in [0.2, 0.25) is 0 Å². The minimum atomic E-state index is -0.165. The molecule has 2 N–H and O–H groups in total. The van der Waals surface area contributed by atoms with E-state index in [-0.39, 0.29) is 16.6 Å². The summed E-state index contributed by atoms with van der Waals surface area (Å²) in [6.07, 6.45) is 1.10. The molecule has 0 bridgehead atoms. The Morgan fingerprint density at radius 1 is 1.40 bits per heavy atom. The fraction of sp³-hybridized carbons (Fsp3) is 0.538. The normalized spacial score (nSPS) is 27.8. The van der Waals surface area contributed by atoms with Crippen molar-refractivity contribution >= 4 is 0 Å². The van der Waals surface area contributed by atoms with Gasteiger partial charge in [0.1, 0.15) is 5.82 Å². The van der Waals surface area contributed by atoms with E-state index in [1.165, 1.54) is 11.6 Å². The molecule has 1 aromatic carbocycles. The summed E-state index contributed by atoms with van der Waals surface area (Å²) in [5.74, 6) is -0.165. The Labute approximate surface area is 90.5 Å². The lowest BCUT2D eigenvalue weighted by Crippen LogP contribution is -2.26. The molecule has 1 aliphatic carbocycles. The van der Waals surface area contributed by atoms with Crippen LogP contribution in [0.1, 0.15) is 31.4 Å². The van der Waals surface area contributed by atoms with Crippen molar-refractivity contribution in [3.05, 3.63) is 35.1 Å². The molecule has 0 aliphatic heterocycles. The van der Waals surface area contributed by atoms with E-state index in [2.05, 4.69) is 13.8 Å². The fourth-order valence-electron chi connectivity index (χ4n) is 2.79. The first-order valence-electron chi connectivity index (χ1n) is 5.40. The molecule has 0 aromatic heterocycles. The van der Waals surface area contributed by atoms with E-state index in [0.29, 0.717) is 6.54 Å². The lowest BCUT2D eigenvalue weighted by atomic mass is 9.85. The Bertz CT molecular complexity index is 398. The van der Waals surface area contributed by atoms with Crippen molar-refractivity contribution in [3.63, 3.8) is 0 Å². The van der Waals surface area contributed by atoms with Crippen molar-refractivity contribution in [1.29, 1.82) is 0 Å². The van der Waals surface area contributed by atoms with E-state index in [1.807, 2.05) is 13.0 Å². The topological polar surface area (TPSA) is 26.0 Å². The summed E-state index contributed by atoms with van der Waals surface area (Å²) in [4.78, 5) is 0. The number of benzene rings is 1. The largest absolute Gasteiger partial charge is 0.330 e. The van der Waals surface area contributed by atoms with Gasteiger partial charge >= 0.3 is 0 Å². The second kappa shape index (κ2) is 3.05. The first-order chi connectivity index (χ1) is 6.93. The van der Waals surface area contributed by atoms with Crippen LogP contribution in [0.2, 0.25) is 0 Å². The number of nitrogens with two attached hydrogens (primary N) is 1. The summed E-state index contributed by atoms with van der Waals surface area (Å²) in [6, 6.07) is 5.03. The molecule has 1 aromatic rings. The molecular weight excluding hydrogens is 189 g/mol. The zero-order valence-electron chi connectivity index (χ0n) is 9.60. The van der Waals surface area contributed by atoms with Gasteiger partial charge in [-0.2, -0.15) is 0 Å². The summed E-state index contributed by atoms with van der Waals surface area (Å²) >= 11 is 0. The van der Waals surface area contributed by atoms with Crippen molar-refractivity contribution < 1.29 is 4.39 Å². The van der Waals surface area contributed by atoms with Crippen LogP contribution >= 0.6 is 0 Å². The van der Waals surface area contributed by atoms with E-state index in [4.69, 9.17) is 5.73 Å². The monoisotopic (exact) mass is 207 g/mol. The third-order valence-corrected chi connectivity index (χ3v) is 3.97. The summed E-state index contributed by atoms with van der Waals surface area (Å²) in [5.41, 5.74) is 8.46. The predicted molar refractivity (Wildman–Crippen MR) is 60.3 cm³/mol. The van der Waals surface area contributed by atoms with Crippen LogP contribution in [-0.4, -0.2) is 6.54 Å². The Balaban J connectivity index is 2.46. The molecule has 0 amide bonds. The van der Waals surface area contributed by atoms with Crippen LogP contribution in [0, 0.1) is 18.2 Å². The van der Waals surface area contributed by atoms with E-state index in [1.54, 1.807) is 6.07 Å². The van der Waals surface area contributed by atoms with Gasteiger partial charge < -0.3 is 5.73 Å². The summed E-state index contributed by atoms with van der Waals surface area (Å²) in [5, 5.41) is 0. The summed E-state index contributed by atoms with van der Waals surface area (Å²) in [7, 11) is 0. The van der Waals surface area contributed by atoms with E-state index in [0.717, 1.165) is 12.0 Å². The molecule has 2 heteroatoms. The molecule has 1 aliphatic rings. The Morgan fingerprint density at radius 2 is 2.00 bits per heavy atom. The maximum Gasteiger partial charge on any atom is 0.123 e. The van der Waals surface area contributed by atoms with Crippen LogP contribution in [0.15, 0.2) is 18.2 Å². The highest BCUT2D eigenvalue weighted by Gasteiger charge is 2.61. The smallest absolute Gasteiger partial charge is 0.123 e. The second-order valence-corrected chi connectivity index (χ2v) is 5.31. The molecule has 1 nitrogen and oxygen atoms in total. The number of hydrogen-bond acceptors (Lipinski definition) is 1. The average molecular weight is 207 g/mol. The highest BCUT2D eigenvalue weighted by atomic mass is 19.1. The van der Waals surface area contributed by atoms with Gasteiger partial charge in [0, 0.05) is 12.0 Å². The van der Waals surface area contributed by atoms with E-state index >= 15 is 0 Å². The van der Waals surface area contributed by atoms with Crippen LogP contribution in [-0.2, 0) is 5.41 Å². The van der Waals surface area contributed by atoms with Gasteiger partial charge in [0.15, 0.2) is 0 Å². The maximum absolute atomic E-state index is 13.0. The van der Waals surface area contributed by atoms with Gasteiger partial charge in [-0.25, -0.2) is 4.39 Å². The van der Waals surface area contributed by atoms with E-state index < -0.39 is 0 Å². The molecule has 0 heterocycles. The summed E-state index contributed by atoms with van der Waals surface area (Å²) < 4.78 is 13.0. The van der Waals surface area contributed by atoms with Crippen LogP contribution in [0.4, 0.5) is 4.39 Å². The molecular formula is C13H18FN. The fourth-order valence-corrected chi connectivity index (χ4v) is 2.79. The van der Waals surface area contributed by atoms with E-state index in [9.17, 15) is 4.39 Å². The first-order valence-corrected chi connectivity index (χ1v) is 5.40. The van der Waals surface area contributed by atoms with Gasteiger partial charge in [0.25, 0.3) is 0 Å². The quantitative estimate of drug-likeness (QED) is 0.793. The standard InChI is InChI=1S/C13H18FN/c1-9-6-10(14)4-5-11(9)13(8-15)7-12(13,2)3/h4-6H,7-8,15H2,1-3H3. The molecule has 2 rings (SSSR count). The molecule has 0 saturated heterocycles. The Morgan fingerprint density at radius 3 is 2.40 bits per heavy atom. The molecule has 1 saturated carbocycles. The highest BCUT2D eigenvalue weighted by molar-refractivity contribution is 5.42. The molecule has 1 unspecified atom stereocenters. The van der Waals surface area contributed by atoms with Crippen molar-refractivity contribution in [2.75, 3.05) is 6.54 Å². The van der Waals surface area contributed by atoms with Crippen LogP contribution in [0.25, 0.3) is 0 Å². The number of halogens is 1. The summed E-state index contributed by atoms with van der Waals surface area (Å²) in [6.45, 7) is 7.06. The molecule has 0 radical (unpaired) electrons. The molecule has 0 spiro atoms. The number of hydrogen-bond donors (Lipinski definition) is 1. The minimum Gasteiger partial charge on any atom is -0.330 e. The van der Waals surface area contributed by atoms with Gasteiger partial charge in [0.05, 0.1) is 0 Å². The van der Waals surface area contributed by atoms with Crippen molar-refractivity contribution in [2.24, 2.45) is 11.1 Å². The van der Waals surface area contributed by atoms with Gasteiger partial charge in [-0.3, -0.25) is 0 Å². The highest BCUT2D eigenvalue weighted by Crippen LogP contribution is 2.64. The zero-order valence-corrected chi connectivity index (χ0v) is 9.60. The Kier molecular flexibility index (Phi) is 2.16. The number of aryl methyl sites for hydroxylation is 1. The third-order valence-electron chi connectivity index (χ3n) is 3.97. The van der Waals surface area contributed by atoms with Crippen molar-refractivity contribution in [3.8, 4) is 0 Å². The van der Waals surface area contributed by atoms with Crippen LogP contribution < -0.4 is 5.73 Å². The predicted octanol–water partition coefficient (Wildman–Crippen LogP) is 2.76. The maximum atomic E-state index is 13.0. The number of rotatable bonds is 2. The second-order valence-electron chi connectivity index (χ2n) is 5.31. The van der Waals surface area contributed by atoms with Crippen LogP contribution in [0.3, 0.4) is 0 Å². The first kappa shape index (κ1) is 10.6. The van der Waals surface area contributed by atoms with Gasteiger partial charge in [-0.15, -0.1) is 0 Å². The van der Waals surface area contributed by atoms with Gasteiger partial charge in [-0.1, -0.05) is 19.9 Å². The van der Waals surface area contributed by atoms with Crippen molar-refractivity contribution in [1.82, 2.24) is 0 Å². The molecule has 1 fully saturated rings. The molecule has 15 heavy (non-hydrogen) atoms. The SMILES string of the molecule is Cc1cc(F)ccc1C1(CN)CC1(C)C. The van der Waals surface area contributed by atoms with Crippen molar-refractivity contribution in [2.45, 2.75) is 32.6 Å². The average Bonchev–Trinajstić information content (AvgIpc) is 2.69. The molecule has 1 atom stereocenters. The third kappa shape index (κ3) is 1.39. The minimum absolute atomic E-state index is 0.0742. The van der Waals surface area contributed by atoms with Crippen LogP contribution in [0.5, 0.6) is 0 Å². The molecule has 82 valence electrons.